The quantitative estimate of drug-likeness (QED) is 0.697. The summed E-state index contributed by atoms with van der Waals surface area (Å²) in [6, 6.07) is 9.47. The van der Waals surface area contributed by atoms with Crippen molar-refractivity contribution in [2.45, 2.75) is 19.4 Å². The van der Waals surface area contributed by atoms with Crippen LogP contribution in [0.15, 0.2) is 30.3 Å². The van der Waals surface area contributed by atoms with E-state index in [9.17, 15) is 9.90 Å². The third-order valence-electron chi connectivity index (χ3n) is 3.23. The van der Waals surface area contributed by atoms with Gasteiger partial charge in [0.25, 0.3) is 5.91 Å². The summed E-state index contributed by atoms with van der Waals surface area (Å²) < 4.78 is 0. The number of hydrogen-bond acceptors (Lipinski definition) is 2. The minimum Gasteiger partial charge on any atom is -0.393 e. The largest absolute Gasteiger partial charge is 0.393 e. The van der Waals surface area contributed by atoms with Crippen molar-refractivity contribution in [2.24, 2.45) is 5.92 Å². The zero-order valence-corrected chi connectivity index (χ0v) is 10.5. The zero-order valence-electron chi connectivity index (χ0n) is 10.5. The number of amides is 1. The lowest BCUT2D eigenvalue weighted by molar-refractivity contribution is -0.128. The summed E-state index contributed by atoms with van der Waals surface area (Å²) in [5.41, 5.74) is 0.843. The highest BCUT2D eigenvalue weighted by Gasteiger charge is 2.26. The predicted octanol–water partition coefficient (Wildman–Crippen LogP) is 1.27. The van der Waals surface area contributed by atoms with Gasteiger partial charge in [-0.15, -0.1) is 0 Å². The van der Waals surface area contributed by atoms with Crippen molar-refractivity contribution in [1.82, 2.24) is 4.90 Å². The van der Waals surface area contributed by atoms with E-state index in [1.165, 1.54) is 0 Å². The van der Waals surface area contributed by atoms with Crippen LogP contribution in [-0.4, -0.2) is 35.1 Å². The van der Waals surface area contributed by atoms with E-state index in [0.29, 0.717) is 19.5 Å². The van der Waals surface area contributed by atoms with Crippen LogP contribution in [0.4, 0.5) is 0 Å². The van der Waals surface area contributed by atoms with Crippen molar-refractivity contribution in [3.63, 3.8) is 0 Å². The molecule has 2 atom stereocenters. The Morgan fingerprint density at radius 1 is 1.39 bits per heavy atom. The Bertz CT molecular complexity index is 472. The SMILES string of the molecule is CC1CN(C(=O)C#Cc2ccccc2)CCC1O. The highest BCUT2D eigenvalue weighted by atomic mass is 16.3. The topological polar surface area (TPSA) is 40.5 Å². The number of rotatable bonds is 0. The lowest BCUT2D eigenvalue weighted by atomic mass is 9.97. The standard InChI is InChI=1S/C15H17NO2/c1-12-11-16(10-9-14(12)17)15(18)8-7-13-5-3-2-4-6-13/h2-6,12,14,17H,9-11H2,1H3. The van der Waals surface area contributed by atoms with Crippen LogP contribution in [0.5, 0.6) is 0 Å². The summed E-state index contributed by atoms with van der Waals surface area (Å²) in [6.45, 7) is 3.13. The van der Waals surface area contributed by atoms with E-state index in [-0.39, 0.29) is 17.9 Å². The summed E-state index contributed by atoms with van der Waals surface area (Å²) in [7, 11) is 0. The number of carbonyl (C=O) groups excluding carboxylic acids is 1. The molecule has 0 aromatic heterocycles. The molecule has 18 heavy (non-hydrogen) atoms. The maximum Gasteiger partial charge on any atom is 0.298 e. The average molecular weight is 243 g/mol. The van der Waals surface area contributed by atoms with Crippen molar-refractivity contribution in [2.75, 3.05) is 13.1 Å². The fourth-order valence-corrected chi connectivity index (χ4v) is 2.04. The molecule has 2 unspecified atom stereocenters. The highest BCUT2D eigenvalue weighted by molar-refractivity contribution is 5.94. The van der Waals surface area contributed by atoms with Gasteiger partial charge in [0.05, 0.1) is 6.10 Å². The van der Waals surface area contributed by atoms with Crippen LogP contribution in [0.1, 0.15) is 18.9 Å². The van der Waals surface area contributed by atoms with Gasteiger partial charge < -0.3 is 10.0 Å². The third-order valence-corrected chi connectivity index (χ3v) is 3.23. The predicted molar refractivity (Wildman–Crippen MR) is 69.7 cm³/mol. The Kier molecular flexibility index (Phi) is 4.01. The molecule has 2 rings (SSSR count). The molecular weight excluding hydrogens is 226 g/mol. The van der Waals surface area contributed by atoms with E-state index in [2.05, 4.69) is 11.8 Å². The number of likely N-dealkylation sites (tertiary alicyclic amines) is 1. The molecule has 0 bridgehead atoms. The number of hydrogen-bond donors (Lipinski definition) is 1. The van der Waals surface area contributed by atoms with Gasteiger partial charge in [-0.1, -0.05) is 31.0 Å². The van der Waals surface area contributed by atoms with Crippen LogP contribution < -0.4 is 0 Å². The first-order valence-corrected chi connectivity index (χ1v) is 6.21. The van der Waals surface area contributed by atoms with Gasteiger partial charge in [0.2, 0.25) is 0 Å². The molecule has 1 aromatic carbocycles. The van der Waals surface area contributed by atoms with Crippen molar-refractivity contribution in [3.05, 3.63) is 35.9 Å². The smallest absolute Gasteiger partial charge is 0.298 e. The fourth-order valence-electron chi connectivity index (χ4n) is 2.04. The van der Waals surface area contributed by atoms with Gasteiger partial charge in [-0.25, -0.2) is 0 Å². The molecule has 1 fully saturated rings. The Hall–Kier alpha value is -1.79. The zero-order chi connectivity index (χ0) is 13.0. The summed E-state index contributed by atoms with van der Waals surface area (Å²) in [4.78, 5) is 13.6. The molecule has 1 aromatic rings. The van der Waals surface area contributed by atoms with Crippen LogP contribution >= 0.6 is 0 Å². The van der Waals surface area contributed by atoms with Gasteiger partial charge in [-0.3, -0.25) is 4.79 Å². The molecule has 3 nitrogen and oxygen atoms in total. The fraction of sp³-hybridized carbons (Fsp3) is 0.400. The van der Waals surface area contributed by atoms with E-state index in [1.807, 2.05) is 37.3 Å². The second-order valence-electron chi connectivity index (χ2n) is 4.70. The van der Waals surface area contributed by atoms with Crippen LogP contribution in [0, 0.1) is 17.8 Å². The second kappa shape index (κ2) is 5.70. The van der Waals surface area contributed by atoms with Crippen LogP contribution in [0.3, 0.4) is 0 Å². The Balaban J connectivity index is 1.99. The van der Waals surface area contributed by atoms with Crippen LogP contribution in [0.2, 0.25) is 0 Å². The molecule has 1 saturated heterocycles. The van der Waals surface area contributed by atoms with E-state index in [0.717, 1.165) is 5.56 Å². The van der Waals surface area contributed by atoms with Gasteiger partial charge >= 0.3 is 0 Å². The van der Waals surface area contributed by atoms with Crippen LogP contribution in [-0.2, 0) is 4.79 Å². The first-order valence-electron chi connectivity index (χ1n) is 6.21. The number of piperidine rings is 1. The van der Waals surface area contributed by atoms with E-state index in [4.69, 9.17) is 0 Å². The molecule has 3 heteroatoms. The normalized spacial score (nSPS) is 23.1. The van der Waals surface area contributed by atoms with E-state index < -0.39 is 0 Å². The maximum atomic E-state index is 11.9. The van der Waals surface area contributed by atoms with E-state index in [1.54, 1.807) is 4.90 Å². The van der Waals surface area contributed by atoms with E-state index >= 15 is 0 Å². The molecule has 1 amide bonds. The second-order valence-corrected chi connectivity index (χ2v) is 4.70. The summed E-state index contributed by atoms with van der Waals surface area (Å²) >= 11 is 0. The van der Waals surface area contributed by atoms with Crippen molar-refractivity contribution in [3.8, 4) is 11.8 Å². The summed E-state index contributed by atoms with van der Waals surface area (Å²) in [5.74, 6) is 5.49. The average Bonchev–Trinajstić information content (AvgIpc) is 2.40. The molecule has 1 N–H and O–H groups in total. The minimum absolute atomic E-state index is 0.126. The number of nitrogens with zero attached hydrogens (tertiary/aromatic N) is 1. The van der Waals surface area contributed by atoms with Crippen molar-refractivity contribution >= 4 is 5.91 Å². The molecule has 0 aliphatic carbocycles. The molecule has 94 valence electrons. The minimum atomic E-state index is -0.295. The third kappa shape index (κ3) is 3.12. The van der Waals surface area contributed by atoms with Gasteiger partial charge in [0.1, 0.15) is 0 Å². The van der Waals surface area contributed by atoms with Gasteiger partial charge in [-0.2, -0.15) is 0 Å². The molecular formula is C15H17NO2. The Morgan fingerprint density at radius 2 is 2.11 bits per heavy atom. The van der Waals surface area contributed by atoms with Crippen LogP contribution in [0.25, 0.3) is 0 Å². The molecule has 1 aliphatic heterocycles. The lowest BCUT2D eigenvalue weighted by Gasteiger charge is -2.33. The summed E-state index contributed by atoms with van der Waals surface area (Å²) in [6.07, 6.45) is 0.344. The van der Waals surface area contributed by atoms with Gasteiger partial charge in [0.15, 0.2) is 0 Å². The van der Waals surface area contributed by atoms with Gasteiger partial charge in [-0.05, 0) is 24.5 Å². The van der Waals surface area contributed by atoms with Crippen molar-refractivity contribution in [1.29, 1.82) is 0 Å². The van der Waals surface area contributed by atoms with Gasteiger partial charge in [0, 0.05) is 24.6 Å². The number of benzene rings is 1. The monoisotopic (exact) mass is 243 g/mol. The first-order chi connectivity index (χ1) is 8.66. The molecule has 0 saturated carbocycles. The maximum absolute atomic E-state index is 11.9. The molecule has 0 radical (unpaired) electrons. The van der Waals surface area contributed by atoms with Crippen molar-refractivity contribution < 1.29 is 9.90 Å². The number of carbonyl (C=O) groups is 1. The first kappa shape index (κ1) is 12.7. The molecule has 1 aliphatic rings. The highest BCUT2D eigenvalue weighted by Crippen LogP contribution is 2.16. The number of aliphatic hydroxyl groups excluding tert-OH is 1. The summed E-state index contributed by atoms with van der Waals surface area (Å²) in [5, 5.41) is 9.61. The Labute approximate surface area is 107 Å². The molecule has 0 spiro atoms. The Morgan fingerprint density at radius 3 is 2.78 bits per heavy atom. The number of aliphatic hydroxyl groups is 1. The lowest BCUT2D eigenvalue weighted by Crippen LogP contribution is -2.44. The molecule has 1 heterocycles.